The molecule has 0 aliphatic carbocycles. The summed E-state index contributed by atoms with van der Waals surface area (Å²) >= 11 is 0. The molecule has 15 heteroatoms. The number of rotatable bonds is 3. The van der Waals surface area contributed by atoms with Crippen molar-refractivity contribution in [2.45, 2.75) is 45.1 Å². The maximum absolute atomic E-state index is 12.3. The smallest absolute Gasteiger partial charge is 0.475 e. The predicted molar refractivity (Wildman–Crippen MR) is 109 cm³/mol. The minimum Gasteiger partial charge on any atom is -0.475 e. The van der Waals surface area contributed by atoms with Crippen molar-refractivity contribution in [2.75, 3.05) is 32.5 Å². The lowest BCUT2D eigenvalue weighted by molar-refractivity contribution is -0.193. The molecule has 2 rings (SSSR count). The first-order chi connectivity index (χ1) is 15.4. The summed E-state index contributed by atoms with van der Waals surface area (Å²) in [6, 6.07) is 2.26. The number of anilines is 1. The van der Waals surface area contributed by atoms with Gasteiger partial charge >= 0.3 is 24.3 Å². The van der Waals surface area contributed by atoms with Crippen molar-refractivity contribution in [3.8, 4) is 0 Å². The highest BCUT2D eigenvalue weighted by molar-refractivity contribution is 5.98. The van der Waals surface area contributed by atoms with Gasteiger partial charge in [0, 0.05) is 38.8 Å². The van der Waals surface area contributed by atoms with E-state index >= 15 is 0 Å². The summed E-state index contributed by atoms with van der Waals surface area (Å²) in [6.45, 7) is 6.00. The number of nitrogens with one attached hydrogen (secondary N) is 2. The minimum atomic E-state index is -5.08. The third-order valence-corrected chi connectivity index (χ3v) is 3.85. The lowest BCUT2D eigenvalue weighted by Crippen LogP contribution is -2.25. The van der Waals surface area contributed by atoms with Crippen LogP contribution in [-0.2, 0) is 22.4 Å². The third kappa shape index (κ3) is 11.2. The zero-order valence-corrected chi connectivity index (χ0v) is 18.8. The molecule has 0 radical (unpaired) electrons. The van der Waals surface area contributed by atoms with E-state index < -0.39 is 24.3 Å². The van der Waals surface area contributed by atoms with Gasteiger partial charge in [-0.1, -0.05) is 0 Å². The van der Waals surface area contributed by atoms with Crippen molar-refractivity contribution in [1.29, 1.82) is 0 Å². The zero-order chi connectivity index (χ0) is 26.9. The van der Waals surface area contributed by atoms with Crippen LogP contribution >= 0.6 is 0 Å². The van der Waals surface area contributed by atoms with Crippen LogP contribution in [0.1, 0.15) is 35.5 Å². The van der Waals surface area contributed by atoms with Gasteiger partial charge < -0.3 is 25.7 Å². The number of nitrogens with zero attached hydrogens (tertiary/aromatic N) is 2. The number of carbonyl (C=O) groups excluding carboxylic acids is 1. The fraction of sp³-hybridized carbons (Fsp3) is 0.579. The second-order valence-corrected chi connectivity index (χ2v) is 7.34. The summed E-state index contributed by atoms with van der Waals surface area (Å²) in [5, 5.41) is 20.9. The first kappa shape index (κ1) is 30.9. The van der Waals surface area contributed by atoms with Crippen molar-refractivity contribution in [3.63, 3.8) is 0 Å². The Balaban J connectivity index is 0.000000642. The van der Waals surface area contributed by atoms with E-state index in [-0.39, 0.29) is 11.9 Å². The van der Waals surface area contributed by atoms with E-state index in [9.17, 15) is 31.1 Å². The Bertz CT molecular complexity index is 833. The number of hydrogen-bond donors (Lipinski definition) is 4. The van der Waals surface area contributed by atoms with Crippen molar-refractivity contribution < 1.29 is 50.9 Å². The third-order valence-electron chi connectivity index (χ3n) is 3.85. The number of carbonyl (C=O) groups is 3. The van der Waals surface area contributed by atoms with Crippen molar-refractivity contribution in [3.05, 3.63) is 22.9 Å². The second-order valence-electron chi connectivity index (χ2n) is 7.34. The Morgan fingerprint density at radius 2 is 1.44 bits per heavy atom. The molecule has 194 valence electrons. The summed E-state index contributed by atoms with van der Waals surface area (Å²) in [7, 11) is 3.55. The van der Waals surface area contributed by atoms with Crippen molar-refractivity contribution >= 4 is 23.7 Å². The molecular formula is C19H26F6N4O5. The highest BCUT2D eigenvalue weighted by atomic mass is 19.4. The molecule has 0 atom stereocenters. The van der Waals surface area contributed by atoms with Gasteiger partial charge in [0.2, 0.25) is 0 Å². The number of amides is 1. The first-order valence-electron chi connectivity index (χ1n) is 9.69. The SMILES string of the molecule is CC(C)Nc1nc2c(cc1C(=O)N(C)C)CCNCC2.O=C(O)C(F)(F)F.O=C(O)C(F)(F)F. The van der Waals surface area contributed by atoms with Crippen LogP contribution in [0.25, 0.3) is 0 Å². The van der Waals surface area contributed by atoms with E-state index in [0.717, 1.165) is 31.6 Å². The van der Waals surface area contributed by atoms with Gasteiger partial charge in [0.15, 0.2) is 0 Å². The molecule has 34 heavy (non-hydrogen) atoms. The summed E-state index contributed by atoms with van der Waals surface area (Å²) in [5.41, 5.74) is 2.97. The monoisotopic (exact) mass is 504 g/mol. The minimum absolute atomic E-state index is 0.000608. The molecule has 0 spiro atoms. The molecular weight excluding hydrogens is 478 g/mol. The van der Waals surface area contributed by atoms with Gasteiger partial charge in [0.05, 0.1) is 5.56 Å². The molecule has 0 fully saturated rings. The molecule has 1 aliphatic heterocycles. The Hall–Kier alpha value is -3.10. The van der Waals surface area contributed by atoms with Crippen molar-refractivity contribution in [1.82, 2.24) is 15.2 Å². The molecule has 0 aromatic carbocycles. The van der Waals surface area contributed by atoms with E-state index in [1.54, 1.807) is 19.0 Å². The fourth-order valence-corrected chi connectivity index (χ4v) is 2.37. The van der Waals surface area contributed by atoms with Crippen LogP contribution in [0.15, 0.2) is 6.07 Å². The Morgan fingerprint density at radius 3 is 1.82 bits per heavy atom. The van der Waals surface area contributed by atoms with Gasteiger partial charge in [-0.05, 0) is 38.4 Å². The maximum atomic E-state index is 12.3. The molecule has 0 saturated carbocycles. The molecule has 0 saturated heterocycles. The maximum Gasteiger partial charge on any atom is 0.490 e. The first-order valence-corrected chi connectivity index (χ1v) is 9.69. The highest BCUT2D eigenvalue weighted by Crippen LogP contribution is 2.22. The Kier molecular flexibility index (Phi) is 11.8. The fourth-order valence-electron chi connectivity index (χ4n) is 2.37. The van der Waals surface area contributed by atoms with Crippen LogP contribution in [0.3, 0.4) is 0 Å². The van der Waals surface area contributed by atoms with E-state index in [1.165, 1.54) is 5.56 Å². The zero-order valence-electron chi connectivity index (χ0n) is 18.8. The predicted octanol–water partition coefficient (Wildman–Crippen LogP) is 2.56. The normalized spacial score (nSPS) is 13.3. The van der Waals surface area contributed by atoms with Gasteiger partial charge in [0.1, 0.15) is 5.82 Å². The summed E-state index contributed by atoms with van der Waals surface area (Å²) < 4.78 is 63.5. The lowest BCUT2D eigenvalue weighted by atomic mass is 10.0. The second kappa shape index (κ2) is 13.0. The number of hydrogen-bond acceptors (Lipinski definition) is 6. The number of carboxylic acids is 2. The van der Waals surface area contributed by atoms with Gasteiger partial charge in [0.25, 0.3) is 5.91 Å². The number of halogens is 6. The van der Waals surface area contributed by atoms with Crippen LogP contribution in [0.2, 0.25) is 0 Å². The van der Waals surface area contributed by atoms with Gasteiger partial charge in [-0.25, -0.2) is 14.6 Å². The number of aromatic nitrogens is 1. The molecule has 2 heterocycles. The van der Waals surface area contributed by atoms with Gasteiger partial charge in [-0.2, -0.15) is 26.3 Å². The molecule has 9 nitrogen and oxygen atoms in total. The average molecular weight is 504 g/mol. The summed E-state index contributed by atoms with van der Waals surface area (Å²) in [4.78, 5) is 36.5. The Labute approximate surface area is 191 Å². The number of alkyl halides is 6. The van der Waals surface area contributed by atoms with E-state index in [1.807, 2.05) is 6.07 Å². The molecule has 1 aromatic heterocycles. The van der Waals surface area contributed by atoms with E-state index in [0.29, 0.717) is 11.4 Å². The summed E-state index contributed by atoms with van der Waals surface area (Å²) in [5.74, 6) is -4.81. The molecule has 4 N–H and O–H groups in total. The quantitative estimate of drug-likeness (QED) is 0.462. The van der Waals surface area contributed by atoms with Crippen LogP contribution in [0, 0.1) is 0 Å². The van der Waals surface area contributed by atoms with Gasteiger partial charge in [-0.15, -0.1) is 0 Å². The van der Waals surface area contributed by atoms with Gasteiger partial charge in [-0.3, -0.25) is 4.79 Å². The number of aliphatic carboxylic acids is 2. The molecule has 0 bridgehead atoms. The molecule has 0 unspecified atom stereocenters. The van der Waals surface area contributed by atoms with E-state index in [2.05, 4.69) is 24.5 Å². The largest absolute Gasteiger partial charge is 0.490 e. The lowest BCUT2D eigenvalue weighted by Gasteiger charge is -2.19. The molecule has 1 aliphatic rings. The van der Waals surface area contributed by atoms with Crippen LogP contribution < -0.4 is 10.6 Å². The molecule has 1 amide bonds. The topological polar surface area (TPSA) is 132 Å². The number of fused-ring (bicyclic) bond motifs is 1. The van der Waals surface area contributed by atoms with Crippen LogP contribution in [0.4, 0.5) is 32.2 Å². The average Bonchev–Trinajstić information content (AvgIpc) is 2.90. The standard InChI is InChI=1S/C15H24N4O.2C2HF3O2/c1-10(2)17-14-12(15(20)19(3)4)9-11-5-7-16-8-6-13(11)18-14;2*3-2(4,5)1(6)7/h9-10,16H,5-8H2,1-4H3,(H,17,18);2*(H,6,7). The van der Waals surface area contributed by atoms with E-state index in [4.69, 9.17) is 24.8 Å². The molecule has 1 aromatic rings. The van der Waals surface area contributed by atoms with Crippen LogP contribution in [-0.4, -0.2) is 83.5 Å². The number of carboxylic acid groups (broad SMARTS) is 2. The Morgan fingerprint density at radius 1 is 1.00 bits per heavy atom. The number of pyridine rings is 1. The van der Waals surface area contributed by atoms with Crippen molar-refractivity contribution in [2.24, 2.45) is 0 Å². The highest BCUT2D eigenvalue weighted by Gasteiger charge is 2.38. The van der Waals surface area contributed by atoms with Crippen LogP contribution in [0.5, 0.6) is 0 Å². The summed E-state index contributed by atoms with van der Waals surface area (Å²) in [6.07, 6.45) is -8.32.